The zero-order chi connectivity index (χ0) is 19.7. The molecule has 7 heteroatoms. The molecule has 0 aromatic heterocycles. The van der Waals surface area contributed by atoms with Crippen molar-refractivity contribution in [3.05, 3.63) is 65.2 Å². The van der Waals surface area contributed by atoms with Crippen LogP contribution in [0.2, 0.25) is 0 Å². The van der Waals surface area contributed by atoms with Crippen LogP contribution in [0.25, 0.3) is 0 Å². The van der Waals surface area contributed by atoms with E-state index in [0.717, 1.165) is 17.7 Å². The summed E-state index contributed by atoms with van der Waals surface area (Å²) in [5, 5.41) is 2.55. The maximum absolute atomic E-state index is 12.7. The van der Waals surface area contributed by atoms with Gasteiger partial charge >= 0.3 is 12.3 Å². The molecule has 0 heterocycles. The molecule has 2 aromatic carbocycles. The number of carbonyl (C=O) groups excluding carboxylic acids is 1. The smallest absolute Gasteiger partial charge is 0.416 e. The van der Waals surface area contributed by atoms with E-state index in [2.05, 4.69) is 17.2 Å². The number of nitrogens with one attached hydrogen (secondary N) is 1. The summed E-state index contributed by atoms with van der Waals surface area (Å²) in [6.45, 7) is 0.421. The van der Waals surface area contributed by atoms with Gasteiger partial charge in [-0.3, -0.25) is 0 Å². The van der Waals surface area contributed by atoms with Gasteiger partial charge in [0.2, 0.25) is 0 Å². The molecule has 4 nitrogen and oxygen atoms in total. The fraction of sp³-hybridized carbons (Fsp3) is 0.250. The highest BCUT2D eigenvalue weighted by molar-refractivity contribution is 5.67. The molecule has 0 fully saturated rings. The number of alkyl carbamates (subject to hydrolysis) is 1. The van der Waals surface area contributed by atoms with Crippen molar-refractivity contribution < 1.29 is 27.4 Å². The summed E-state index contributed by atoms with van der Waals surface area (Å²) in [6.07, 6.45) is -4.69. The molecule has 0 aliphatic carbocycles. The summed E-state index contributed by atoms with van der Waals surface area (Å²) in [5.41, 5.74) is 0.423. The first-order valence-corrected chi connectivity index (χ1v) is 8.09. The largest absolute Gasteiger partial charge is 0.495 e. The van der Waals surface area contributed by atoms with Crippen molar-refractivity contribution in [1.82, 2.24) is 5.32 Å². The first-order valence-electron chi connectivity index (χ1n) is 8.09. The minimum atomic E-state index is -4.44. The van der Waals surface area contributed by atoms with Crippen molar-refractivity contribution in [3.8, 4) is 17.6 Å². The maximum Gasteiger partial charge on any atom is 0.416 e. The van der Waals surface area contributed by atoms with E-state index in [9.17, 15) is 18.0 Å². The second-order valence-corrected chi connectivity index (χ2v) is 5.45. The number of halogens is 3. The highest BCUT2D eigenvalue weighted by atomic mass is 19.4. The maximum atomic E-state index is 12.7. The number of methoxy groups -OCH3 is 1. The fourth-order valence-corrected chi connectivity index (χ4v) is 2.13. The van der Waals surface area contributed by atoms with Crippen molar-refractivity contribution in [2.24, 2.45) is 0 Å². The Labute approximate surface area is 155 Å². The second-order valence-electron chi connectivity index (χ2n) is 5.45. The van der Waals surface area contributed by atoms with Gasteiger partial charge in [-0.15, -0.1) is 0 Å². The SMILES string of the molecule is COc1cc(C(F)(F)F)ccc1C#CCCNC(=O)OCc1ccccc1. The van der Waals surface area contributed by atoms with Crippen molar-refractivity contribution in [2.75, 3.05) is 13.7 Å². The first kappa shape index (κ1) is 20.2. The molecule has 27 heavy (non-hydrogen) atoms. The minimum absolute atomic E-state index is 0.0487. The van der Waals surface area contributed by atoms with Gasteiger partial charge in [0, 0.05) is 13.0 Å². The van der Waals surface area contributed by atoms with Gasteiger partial charge < -0.3 is 14.8 Å². The Morgan fingerprint density at radius 2 is 1.89 bits per heavy atom. The molecule has 0 aliphatic heterocycles. The number of carbonyl (C=O) groups is 1. The van der Waals surface area contributed by atoms with Crippen LogP contribution < -0.4 is 10.1 Å². The quantitative estimate of drug-likeness (QED) is 0.621. The Morgan fingerprint density at radius 3 is 2.56 bits per heavy atom. The number of benzene rings is 2. The molecule has 142 valence electrons. The third-order valence-electron chi connectivity index (χ3n) is 3.48. The second kappa shape index (κ2) is 9.53. The lowest BCUT2D eigenvalue weighted by Crippen LogP contribution is -2.24. The molecule has 0 spiro atoms. The van der Waals surface area contributed by atoms with Crippen LogP contribution in [0.15, 0.2) is 48.5 Å². The van der Waals surface area contributed by atoms with Gasteiger partial charge in [-0.05, 0) is 23.8 Å². The number of hydrogen-bond acceptors (Lipinski definition) is 3. The first-order chi connectivity index (χ1) is 12.9. The molecule has 0 unspecified atom stereocenters. The molecule has 0 saturated heterocycles. The number of amides is 1. The summed E-state index contributed by atoms with van der Waals surface area (Å²) < 4.78 is 48.1. The Hall–Kier alpha value is -3.14. The highest BCUT2D eigenvalue weighted by Gasteiger charge is 2.31. The molecular weight excluding hydrogens is 359 g/mol. The molecule has 0 saturated carbocycles. The Balaban J connectivity index is 1.80. The van der Waals surface area contributed by atoms with Crippen LogP contribution in [0.4, 0.5) is 18.0 Å². The minimum Gasteiger partial charge on any atom is -0.495 e. The van der Waals surface area contributed by atoms with E-state index < -0.39 is 17.8 Å². The van der Waals surface area contributed by atoms with Gasteiger partial charge in [0.1, 0.15) is 12.4 Å². The Morgan fingerprint density at radius 1 is 1.15 bits per heavy atom. The van der Waals surface area contributed by atoms with Crippen molar-refractivity contribution in [2.45, 2.75) is 19.2 Å². The van der Waals surface area contributed by atoms with Crippen LogP contribution in [-0.2, 0) is 17.5 Å². The number of hydrogen-bond donors (Lipinski definition) is 1. The number of rotatable bonds is 5. The standard InChI is InChI=1S/C20H18F3NO3/c1-26-18-13-17(20(21,22)23)11-10-16(18)9-5-6-12-24-19(25)27-14-15-7-3-2-4-8-15/h2-4,7-8,10-11,13H,6,12,14H2,1H3,(H,24,25). The van der Waals surface area contributed by atoms with Crippen molar-refractivity contribution in [1.29, 1.82) is 0 Å². The summed E-state index contributed by atoms with van der Waals surface area (Å²) in [4.78, 5) is 11.6. The average molecular weight is 377 g/mol. The summed E-state index contributed by atoms with van der Waals surface area (Å²) in [7, 11) is 1.28. The van der Waals surface area contributed by atoms with Gasteiger partial charge in [0.25, 0.3) is 0 Å². The van der Waals surface area contributed by atoms with E-state index >= 15 is 0 Å². The Kier molecular flexibility index (Phi) is 7.12. The summed E-state index contributed by atoms with van der Waals surface area (Å²) in [5.74, 6) is 5.57. The van der Waals surface area contributed by atoms with Gasteiger partial charge in [-0.25, -0.2) is 4.79 Å². The monoisotopic (exact) mass is 377 g/mol. The van der Waals surface area contributed by atoms with Gasteiger partial charge in [0.15, 0.2) is 0 Å². The van der Waals surface area contributed by atoms with Crippen LogP contribution in [0, 0.1) is 11.8 Å². The highest BCUT2D eigenvalue weighted by Crippen LogP contribution is 2.32. The van der Waals surface area contributed by atoms with Crippen LogP contribution in [0.3, 0.4) is 0 Å². The van der Waals surface area contributed by atoms with E-state index in [1.807, 2.05) is 30.3 Å². The lowest BCUT2D eigenvalue weighted by Gasteiger charge is -2.09. The molecule has 1 amide bonds. The molecule has 1 N–H and O–H groups in total. The lowest BCUT2D eigenvalue weighted by atomic mass is 10.1. The average Bonchev–Trinajstić information content (AvgIpc) is 2.66. The third kappa shape index (κ3) is 6.59. The van der Waals surface area contributed by atoms with E-state index in [0.29, 0.717) is 12.0 Å². The molecular formula is C20H18F3NO3. The van der Waals surface area contributed by atoms with Crippen LogP contribution in [-0.4, -0.2) is 19.7 Å². The fourth-order valence-electron chi connectivity index (χ4n) is 2.13. The summed E-state index contributed by atoms with van der Waals surface area (Å²) in [6, 6.07) is 12.4. The van der Waals surface area contributed by atoms with E-state index in [1.54, 1.807) is 0 Å². The predicted octanol–water partition coefficient (Wildman–Crippen LogP) is 4.38. The molecule has 0 bridgehead atoms. The topological polar surface area (TPSA) is 47.6 Å². The third-order valence-corrected chi connectivity index (χ3v) is 3.48. The van der Waals surface area contributed by atoms with Crippen molar-refractivity contribution >= 4 is 6.09 Å². The molecule has 2 rings (SSSR count). The molecule has 0 aliphatic rings. The van der Waals surface area contributed by atoms with E-state index in [1.165, 1.54) is 13.2 Å². The van der Waals surface area contributed by atoms with Crippen LogP contribution in [0.1, 0.15) is 23.1 Å². The van der Waals surface area contributed by atoms with Crippen molar-refractivity contribution in [3.63, 3.8) is 0 Å². The molecule has 0 atom stereocenters. The van der Waals surface area contributed by atoms with Crippen LogP contribution in [0.5, 0.6) is 5.75 Å². The van der Waals surface area contributed by atoms with Gasteiger partial charge in [0.05, 0.1) is 18.2 Å². The predicted molar refractivity (Wildman–Crippen MR) is 94.1 cm³/mol. The number of alkyl halides is 3. The lowest BCUT2D eigenvalue weighted by molar-refractivity contribution is -0.137. The zero-order valence-corrected chi connectivity index (χ0v) is 14.6. The summed E-state index contributed by atoms with van der Waals surface area (Å²) >= 11 is 0. The van der Waals surface area contributed by atoms with E-state index in [4.69, 9.17) is 9.47 Å². The molecule has 0 radical (unpaired) electrons. The number of ether oxygens (including phenoxy) is 2. The van der Waals surface area contributed by atoms with E-state index in [-0.39, 0.29) is 18.9 Å². The zero-order valence-electron chi connectivity index (χ0n) is 14.6. The van der Waals surface area contributed by atoms with Gasteiger partial charge in [-0.2, -0.15) is 13.2 Å². The van der Waals surface area contributed by atoms with Gasteiger partial charge in [-0.1, -0.05) is 42.2 Å². The normalized spacial score (nSPS) is 10.5. The Bertz CT molecular complexity index is 824. The molecule has 2 aromatic rings. The van der Waals surface area contributed by atoms with Crippen LogP contribution >= 0.6 is 0 Å².